The molecule has 0 spiro atoms. The van der Waals surface area contributed by atoms with E-state index in [1.807, 2.05) is 65.6 Å². The van der Waals surface area contributed by atoms with Gasteiger partial charge in [0.2, 0.25) is 5.95 Å². The molecule has 2 aliphatic rings. The third-order valence-electron chi connectivity index (χ3n) is 7.44. The number of anilines is 3. The van der Waals surface area contributed by atoms with Gasteiger partial charge in [-0.1, -0.05) is 30.3 Å². The van der Waals surface area contributed by atoms with Gasteiger partial charge in [0, 0.05) is 56.6 Å². The highest BCUT2D eigenvalue weighted by Crippen LogP contribution is 2.29. The summed E-state index contributed by atoms with van der Waals surface area (Å²) in [5, 5.41) is 3.02. The quantitative estimate of drug-likeness (QED) is 0.377. The van der Waals surface area contributed by atoms with Gasteiger partial charge in [0.25, 0.3) is 0 Å². The van der Waals surface area contributed by atoms with E-state index in [1.54, 1.807) is 0 Å². The molecular formula is C31H33N7O2. The number of aromatic nitrogens is 2. The molecule has 0 bridgehead atoms. The summed E-state index contributed by atoms with van der Waals surface area (Å²) in [5.74, 6) is 2.61. The van der Waals surface area contributed by atoms with Crippen LogP contribution in [0.15, 0.2) is 78.9 Å². The van der Waals surface area contributed by atoms with E-state index in [4.69, 9.17) is 10.5 Å². The Balaban J connectivity index is 1.13. The zero-order valence-electron chi connectivity index (χ0n) is 22.6. The second-order valence-corrected chi connectivity index (χ2v) is 10.3. The third kappa shape index (κ3) is 5.84. The lowest BCUT2D eigenvalue weighted by Crippen LogP contribution is -2.44. The van der Waals surface area contributed by atoms with Crippen molar-refractivity contribution in [3.63, 3.8) is 0 Å². The molecule has 0 saturated carbocycles. The van der Waals surface area contributed by atoms with Gasteiger partial charge in [-0.05, 0) is 67.1 Å². The number of amides is 2. The van der Waals surface area contributed by atoms with Gasteiger partial charge in [-0.2, -0.15) is 4.98 Å². The van der Waals surface area contributed by atoms with E-state index in [0.29, 0.717) is 18.8 Å². The Morgan fingerprint density at radius 3 is 2.38 bits per heavy atom. The molecule has 0 aliphatic carbocycles. The summed E-state index contributed by atoms with van der Waals surface area (Å²) in [5.41, 5.74) is 11.0. The van der Waals surface area contributed by atoms with E-state index in [1.165, 1.54) is 5.56 Å². The first kappa shape index (κ1) is 25.6. The van der Waals surface area contributed by atoms with Crippen molar-refractivity contribution in [3.8, 4) is 22.8 Å². The third-order valence-corrected chi connectivity index (χ3v) is 7.44. The maximum Gasteiger partial charge on any atom is 0.322 e. The van der Waals surface area contributed by atoms with Crippen molar-refractivity contribution in [2.24, 2.45) is 0 Å². The Kier molecular flexibility index (Phi) is 7.20. The number of benzene rings is 3. The highest BCUT2D eigenvalue weighted by atomic mass is 16.5. The number of para-hydroxylation sites is 1. The Hall–Kier alpha value is -4.63. The van der Waals surface area contributed by atoms with Gasteiger partial charge in [0.15, 0.2) is 0 Å². The molecule has 3 N–H and O–H groups in total. The number of likely N-dealkylation sites (N-methyl/N-ethyl adjacent to an activating group) is 1. The number of hydrogen-bond acceptors (Lipinski definition) is 7. The van der Waals surface area contributed by atoms with Crippen LogP contribution in [0.5, 0.6) is 11.5 Å². The van der Waals surface area contributed by atoms with Crippen molar-refractivity contribution >= 4 is 23.5 Å². The minimum Gasteiger partial charge on any atom is -0.457 e. The fraction of sp³-hybridized carbons (Fsp3) is 0.258. The molecule has 2 aliphatic heterocycles. The van der Waals surface area contributed by atoms with Crippen LogP contribution in [0, 0.1) is 0 Å². The molecule has 40 heavy (non-hydrogen) atoms. The molecule has 2 amide bonds. The van der Waals surface area contributed by atoms with Crippen molar-refractivity contribution in [2.45, 2.75) is 13.0 Å². The number of hydrogen-bond donors (Lipinski definition) is 2. The summed E-state index contributed by atoms with van der Waals surface area (Å²) in [4.78, 5) is 28.6. The van der Waals surface area contributed by atoms with E-state index in [-0.39, 0.29) is 12.0 Å². The predicted molar refractivity (Wildman–Crippen MR) is 158 cm³/mol. The lowest BCUT2D eigenvalue weighted by Gasteiger charge is -2.33. The van der Waals surface area contributed by atoms with Crippen molar-refractivity contribution in [1.82, 2.24) is 19.8 Å². The van der Waals surface area contributed by atoms with Crippen LogP contribution in [0.2, 0.25) is 0 Å². The second-order valence-electron chi connectivity index (χ2n) is 10.3. The van der Waals surface area contributed by atoms with Gasteiger partial charge in [0.05, 0.1) is 5.69 Å². The van der Waals surface area contributed by atoms with Crippen LogP contribution in [0.3, 0.4) is 0 Å². The molecule has 0 atom stereocenters. The van der Waals surface area contributed by atoms with Gasteiger partial charge < -0.3 is 30.5 Å². The maximum absolute atomic E-state index is 13.1. The van der Waals surface area contributed by atoms with E-state index in [0.717, 1.165) is 66.7 Å². The maximum atomic E-state index is 13.1. The van der Waals surface area contributed by atoms with Crippen LogP contribution in [0.4, 0.5) is 22.2 Å². The summed E-state index contributed by atoms with van der Waals surface area (Å²) in [7, 11) is 2.13. The largest absolute Gasteiger partial charge is 0.457 e. The second kappa shape index (κ2) is 11.2. The standard InChI is InChI=1S/C31H33N7O2/c1-36-15-17-37(18-16-36)29-20-28(34-30(32)35-29)23-8-7-22-13-14-38(21-24(22)19-23)31(39)33-25-9-11-27(12-10-25)40-26-5-3-2-4-6-26/h2-12,19-20H,13-18,21H2,1H3,(H,33,39)(H2,32,34,35). The zero-order valence-corrected chi connectivity index (χ0v) is 22.6. The van der Waals surface area contributed by atoms with Crippen LogP contribution in [0.1, 0.15) is 11.1 Å². The van der Waals surface area contributed by atoms with Crippen LogP contribution < -0.4 is 20.7 Å². The first-order chi connectivity index (χ1) is 19.5. The van der Waals surface area contributed by atoms with Crippen LogP contribution in [-0.4, -0.2) is 65.6 Å². The van der Waals surface area contributed by atoms with Gasteiger partial charge in [-0.15, -0.1) is 0 Å². The number of nitrogens with zero attached hydrogens (tertiary/aromatic N) is 5. The summed E-state index contributed by atoms with van der Waals surface area (Å²) in [6, 6.07) is 25.3. The number of urea groups is 1. The minimum atomic E-state index is -0.128. The molecule has 6 rings (SSSR count). The average Bonchev–Trinajstić information content (AvgIpc) is 2.98. The number of ether oxygens (including phenoxy) is 1. The summed E-state index contributed by atoms with van der Waals surface area (Å²) in [6.07, 6.45) is 0.797. The van der Waals surface area contributed by atoms with Crippen LogP contribution in [-0.2, 0) is 13.0 Å². The number of rotatable bonds is 5. The summed E-state index contributed by atoms with van der Waals surface area (Å²) < 4.78 is 5.85. The van der Waals surface area contributed by atoms with E-state index < -0.39 is 0 Å². The molecule has 9 nitrogen and oxygen atoms in total. The van der Waals surface area contributed by atoms with Crippen molar-refractivity contribution in [3.05, 3.63) is 90.0 Å². The van der Waals surface area contributed by atoms with Gasteiger partial charge in [-0.25, -0.2) is 9.78 Å². The number of piperazine rings is 1. The summed E-state index contributed by atoms with van der Waals surface area (Å²) >= 11 is 0. The van der Waals surface area contributed by atoms with Crippen LogP contribution >= 0.6 is 0 Å². The van der Waals surface area contributed by atoms with E-state index >= 15 is 0 Å². The fourth-order valence-electron chi connectivity index (χ4n) is 5.12. The number of nitrogens with two attached hydrogens (primary N) is 1. The Bertz CT molecular complexity index is 1490. The smallest absolute Gasteiger partial charge is 0.322 e. The number of nitrogens with one attached hydrogen (secondary N) is 1. The normalized spacial score (nSPS) is 15.4. The number of carbonyl (C=O) groups is 1. The van der Waals surface area contributed by atoms with Gasteiger partial charge in [0.1, 0.15) is 17.3 Å². The average molecular weight is 536 g/mol. The van der Waals surface area contributed by atoms with Gasteiger partial charge in [-0.3, -0.25) is 0 Å². The molecule has 0 radical (unpaired) electrons. The first-order valence-corrected chi connectivity index (χ1v) is 13.6. The molecule has 3 heterocycles. The van der Waals surface area contributed by atoms with E-state index in [9.17, 15) is 4.79 Å². The SMILES string of the molecule is CN1CCN(c2cc(-c3ccc4c(c3)CN(C(=O)Nc3ccc(Oc5ccccc5)cc3)CC4)nc(N)n2)CC1. The monoisotopic (exact) mass is 535 g/mol. The van der Waals surface area contributed by atoms with Gasteiger partial charge >= 0.3 is 6.03 Å². The lowest BCUT2D eigenvalue weighted by molar-refractivity contribution is 0.206. The number of fused-ring (bicyclic) bond motifs is 1. The molecule has 3 aromatic carbocycles. The zero-order chi connectivity index (χ0) is 27.5. The molecular weight excluding hydrogens is 502 g/mol. The molecule has 1 fully saturated rings. The lowest BCUT2D eigenvalue weighted by atomic mass is 9.96. The molecule has 1 aromatic heterocycles. The van der Waals surface area contributed by atoms with Crippen molar-refractivity contribution in [2.75, 3.05) is 55.7 Å². The Morgan fingerprint density at radius 1 is 0.850 bits per heavy atom. The first-order valence-electron chi connectivity index (χ1n) is 13.6. The summed E-state index contributed by atoms with van der Waals surface area (Å²) in [6.45, 7) is 4.97. The number of carbonyl (C=O) groups excluding carboxylic acids is 1. The molecule has 0 unspecified atom stereocenters. The Morgan fingerprint density at radius 2 is 1.60 bits per heavy atom. The molecule has 1 saturated heterocycles. The van der Waals surface area contributed by atoms with Crippen LogP contribution in [0.25, 0.3) is 11.3 Å². The Labute approximate surface area is 234 Å². The highest BCUT2D eigenvalue weighted by molar-refractivity contribution is 5.89. The molecule has 204 valence electrons. The van der Waals surface area contributed by atoms with E-state index in [2.05, 4.69) is 50.3 Å². The van der Waals surface area contributed by atoms with Crippen molar-refractivity contribution in [1.29, 1.82) is 0 Å². The predicted octanol–water partition coefficient (Wildman–Crippen LogP) is 4.86. The molecule has 9 heteroatoms. The highest BCUT2D eigenvalue weighted by Gasteiger charge is 2.22. The van der Waals surface area contributed by atoms with Crippen molar-refractivity contribution < 1.29 is 9.53 Å². The fourth-order valence-corrected chi connectivity index (χ4v) is 5.12. The minimum absolute atomic E-state index is 0.128. The number of nitrogen functional groups attached to an aromatic ring is 1. The molecule has 4 aromatic rings. The topological polar surface area (TPSA) is 99.8 Å².